The second kappa shape index (κ2) is 5.77. The zero-order chi connectivity index (χ0) is 13.0. The number of hydrogen-bond acceptors (Lipinski definition) is 2. The van der Waals surface area contributed by atoms with Gasteiger partial charge in [-0.25, -0.2) is 4.39 Å². The minimum absolute atomic E-state index is 0.0245. The van der Waals surface area contributed by atoms with Crippen LogP contribution in [0.4, 0.5) is 4.39 Å². The maximum Gasteiger partial charge on any atom is 0.320 e. The molecule has 3 nitrogen and oxygen atoms in total. The van der Waals surface area contributed by atoms with Crippen LogP contribution in [0.25, 0.3) is 0 Å². The summed E-state index contributed by atoms with van der Waals surface area (Å²) in [7, 11) is 0. The Hall–Kier alpha value is -1.42. The van der Waals surface area contributed by atoms with Gasteiger partial charge in [-0.05, 0) is 30.5 Å². The van der Waals surface area contributed by atoms with Crippen molar-refractivity contribution in [3.8, 4) is 0 Å². The topological polar surface area (TPSA) is 49.3 Å². The Kier molecular flexibility index (Phi) is 4.63. The van der Waals surface area contributed by atoms with Gasteiger partial charge in [0.1, 0.15) is 11.9 Å². The minimum atomic E-state index is -0.886. The van der Waals surface area contributed by atoms with Crippen LogP contribution in [0, 0.1) is 11.7 Å². The third kappa shape index (κ3) is 3.82. The fourth-order valence-electron chi connectivity index (χ4n) is 1.69. The standard InChI is InChI=1S/C13H18FNO2/c1-8(2)12(13(16)17)15-9(3)10-5-4-6-11(14)7-10/h4-9,12,15H,1-3H3,(H,16,17). The molecule has 0 fully saturated rings. The first-order valence-electron chi connectivity index (χ1n) is 5.66. The lowest BCUT2D eigenvalue weighted by Gasteiger charge is -2.23. The van der Waals surface area contributed by atoms with Crippen molar-refractivity contribution in [2.75, 3.05) is 0 Å². The SMILES string of the molecule is CC(NC(C(=O)O)C(C)C)c1cccc(F)c1. The van der Waals surface area contributed by atoms with Crippen LogP contribution >= 0.6 is 0 Å². The summed E-state index contributed by atoms with van der Waals surface area (Å²) in [5, 5.41) is 12.1. The van der Waals surface area contributed by atoms with E-state index in [9.17, 15) is 9.18 Å². The molecule has 2 N–H and O–H groups in total. The fourth-order valence-corrected chi connectivity index (χ4v) is 1.69. The Morgan fingerprint density at radius 2 is 2.00 bits per heavy atom. The highest BCUT2D eigenvalue weighted by atomic mass is 19.1. The van der Waals surface area contributed by atoms with Crippen LogP contribution < -0.4 is 5.32 Å². The molecule has 0 bridgehead atoms. The fraction of sp³-hybridized carbons (Fsp3) is 0.462. The first-order valence-corrected chi connectivity index (χ1v) is 5.66. The van der Waals surface area contributed by atoms with Gasteiger partial charge in [-0.1, -0.05) is 26.0 Å². The smallest absolute Gasteiger partial charge is 0.320 e. The van der Waals surface area contributed by atoms with Gasteiger partial charge in [-0.15, -0.1) is 0 Å². The van der Waals surface area contributed by atoms with E-state index in [0.717, 1.165) is 5.56 Å². The van der Waals surface area contributed by atoms with Crippen molar-refractivity contribution in [1.82, 2.24) is 5.32 Å². The molecule has 1 aromatic carbocycles. The van der Waals surface area contributed by atoms with Crippen molar-refractivity contribution >= 4 is 5.97 Å². The zero-order valence-corrected chi connectivity index (χ0v) is 10.3. The molecule has 0 saturated heterocycles. The molecule has 0 amide bonds. The molecule has 94 valence electrons. The van der Waals surface area contributed by atoms with Crippen LogP contribution in [0.5, 0.6) is 0 Å². The van der Waals surface area contributed by atoms with Crippen molar-refractivity contribution in [2.45, 2.75) is 32.9 Å². The van der Waals surface area contributed by atoms with Crippen molar-refractivity contribution in [2.24, 2.45) is 5.92 Å². The molecule has 0 aliphatic carbocycles. The molecule has 1 rings (SSSR count). The highest BCUT2D eigenvalue weighted by Gasteiger charge is 2.23. The van der Waals surface area contributed by atoms with E-state index in [1.807, 2.05) is 20.8 Å². The molecule has 0 heterocycles. The molecule has 0 radical (unpaired) electrons. The van der Waals surface area contributed by atoms with E-state index in [-0.39, 0.29) is 17.8 Å². The number of aliphatic carboxylic acids is 1. The summed E-state index contributed by atoms with van der Waals surface area (Å²) in [4.78, 5) is 11.0. The van der Waals surface area contributed by atoms with Crippen molar-refractivity contribution < 1.29 is 14.3 Å². The molecular formula is C13H18FNO2. The summed E-state index contributed by atoms with van der Waals surface area (Å²) in [5.74, 6) is -1.22. The Labute approximate surface area is 101 Å². The lowest BCUT2D eigenvalue weighted by atomic mass is 10.0. The Bertz CT molecular complexity index is 393. The largest absolute Gasteiger partial charge is 0.480 e. The van der Waals surface area contributed by atoms with Gasteiger partial charge in [-0.2, -0.15) is 0 Å². The maximum absolute atomic E-state index is 13.0. The van der Waals surface area contributed by atoms with Crippen LogP contribution in [-0.2, 0) is 4.79 Å². The minimum Gasteiger partial charge on any atom is -0.480 e. The van der Waals surface area contributed by atoms with E-state index in [1.54, 1.807) is 12.1 Å². The number of carboxylic acids is 1. The average molecular weight is 239 g/mol. The molecule has 0 saturated carbocycles. The molecule has 0 spiro atoms. The highest BCUT2D eigenvalue weighted by molar-refractivity contribution is 5.73. The van der Waals surface area contributed by atoms with Crippen LogP contribution in [0.2, 0.25) is 0 Å². The van der Waals surface area contributed by atoms with Crippen LogP contribution in [0.3, 0.4) is 0 Å². The third-order valence-electron chi connectivity index (χ3n) is 2.71. The number of carbonyl (C=O) groups is 1. The molecule has 1 aromatic rings. The number of carboxylic acid groups (broad SMARTS) is 1. The number of rotatable bonds is 5. The van der Waals surface area contributed by atoms with E-state index < -0.39 is 12.0 Å². The van der Waals surface area contributed by atoms with Gasteiger partial charge in [-0.3, -0.25) is 10.1 Å². The van der Waals surface area contributed by atoms with Crippen LogP contribution in [0.15, 0.2) is 24.3 Å². The number of nitrogens with one attached hydrogen (secondary N) is 1. The summed E-state index contributed by atoms with van der Waals surface area (Å²) >= 11 is 0. The first-order chi connectivity index (χ1) is 7.91. The third-order valence-corrected chi connectivity index (χ3v) is 2.71. The van der Waals surface area contributed by atoms with Gasteiger partial charge in [0.2, 0.25) is 0 Å². The van der Waals surface area contributed by atoms with E-state index >= 15 is 0 Å². The lowest BCUT2D eigenvalue weighted by molar-refractivity contribution is -0.140. The number of halogens is 1. The highest BCUT2D eigenvalue weighted by Crippen LogP contribution is 2.16. The summed E-state index contributed by atoms with van der Waals surface area (Å²) in [6.07, 6.45) is 0. The predicted octanol–water partition coefficient (Wildman–Crippen LogP) is 2.59. The van der Waals surface area contributed by atoms with Gasteiger partial charge in [0.25, 0.3) is 0 Å². The molecule has 2 unspecified atom stereocenters. The second-order valence-corrected chi connectivity index (χ2v) is 4.50. The zero-order valence-electron chi connectivity index (χ0n) is 10.3. The van der Waals surface area contributed by atoms with E-state index in [1.165, 1.54) is 12.1 Å². The normalized spacial score (nSPS) is 14.6. The molecule has 2 atom stereocenters. The van der Waals surface area contributed by atoms with E-state index in [2.05, 4.69) is 5.32 Å². The molecule has 0 aliphatic heterocycles. The second-order valence-electron chi connectivity index (χ2n) is 4.50. The number of hydrogen-bond donors (Lipinski definition) is 2. The van der Waals surface area contributed by atoms with Gasteiger partial charge >= 0.3 is 5.97 Å². The van der Waals surface area contributed by atoms with Crippen LogP contribution in [-0.4, -0.2) is 17.1 Å². The number of benzene rings is 1. The lowest BCUT2D eigenvalue weighted by Crippen LogP contribution is -2.42. The molecule has 0 aliphatic rings. The molecule has 17 heavy (non-hydrogen) atoms. The van der Waals surface area contributed by atoms with Crippen molar-refractivity contribution in [1.29, 1.82) is 0 Å². The van der Waals surface area contributed by atoms with Crippen LogP contribution in [0.1, 0.15) is 32.4 Å². The quantitative estimate of drug-likeness (QED) is 0.830. The van der Waals surface area contributed by atoms with Gasteiger partial charge in [0, 0.05) is 6.04 Å². The summed E-state index contributed by atoms with van der Waals surface area (Å²) in [6, 6.07) is 5.35. The van der Waals surface area contributed by atoms with Gasteiger partial charge < -0.3 is 5.11 Å². The van der Waals surface area contributed by atoms with Crippen molar-refractivity contribution in [3.05, 3.63) is 35.6 Å². The summed E-state index contributed by atoms with van der Waals surface area (Å²) in [5.41, 5.74) is 0.747. The monoisotopic (exact) mass is 239 g/mol. The Morgan fingerprint density at radius 1 is 1.35 bits per heavy atom. The molecular weight excluding hydrogens is 221 g/mol. The Balaban J connectivity index is 2.77. The summed E-state index contributed by atoms with van der Waals surface area (Å²) in [6.45, 7) is 5.50. The predicted molar refractivity (Wildman–Crippen MR) is 64.2 cm³/mol. The van der Waals surface area contributed by atoms with E-state index in [4.69, 9.17) is 5.11 Å². The average Bonchev–Trinajstić information content (AvgIpc) is 2.24. The van der Waals surface area contributed by atoms with Gasteiger partial charge in [0.15, 0.2) is 0 Å². The molecule has 0 aromatic heterocycles. The first kappa shape index (κ1) is 13.6. The van der Waals surface area contributed by atoms with Gasteiger partial charge in [0.05, 0.1) is 0 Å². The Morgan fingerprint density at radius 3 is 2.47 bits per heavy atom. The maximum atomic E-state index is 13.0. The summed E-state index contributed by atoms with van der Waals surface area (Å²) < 4.78 is 13.0. The molecule has 4 heteroatoms. The van der Waals surface area contributed by atoms with E-state index in [0.29, 0.717) is 0 Å². The van der Waals surface area contributed by atoms with Crippen molar-refractivity contribution in [3.63, 3.8) is 0 Å².